The number of ketones is 1. The van der Waals surface area contributed by atoms with Crippen molar-refractivity contribution in [3.8, 4) is 0 Å². The zero-order valence-electron chi connectivity index (χ0n) is 16.3. The molecule has 0 saturated heterocycles. The molecule has 0 bridgehead atoms. The Morgan fingerprint density at radius 3 is 2.69 bits per heavy atom. The number of Topliss-reactive ketones (excluding diaryl/α,β-unsaturated/α-hetero) is 1. The molecule has 152 valence electrons. The molecule has 0 radical (unpaired) electrons. The normalized spacial score (nSPS) is 13.4. The van der Waals surface area contributed by atoms with E-state index < -0.39 is 6.09 Å². The van der Waals surface area contributed by atoms with Crippen LogP contribution in [0.2, 0.25) is 0 Å². The first-order chi connectivity index (χ1) is 14.0. The van der Waals surface area contributed by atoms with Crippen LogP contribution in [0.25, 0.3) is 0 Å². The smallest absolute Gasteiger partial charge is 0.412 e. The number of alkyl carbamates (subject to hydrolysis) is 1. The van der Waals surface area contributed by atoms with Gasteiger partial charge in [0.2, 0.25) is 0 Å². The molecule has 29 heavy (non-hydrogen) atoms. The van der Waals surface area contributed by atoms with E-state index in [-0.39, 0.29) is 30.4 Å². The standard InChI is InChI=1S/C21H22FN3O4/c1-28-12-15(13-3-5-16(22)6-4-13)8-18(26)9-17-7-14-10-24-20(19(14)11-23-17)25-21(27)29-2/h3-7,11,15H,8-10,12H2,1-2H3,(H,24,25,27)/t15-/m1/s1. The lowest BCUT2D eigenvalue weighted by molar-refractivity contribution is -0.119. The summed E-state index contributed by atoms with van der Waals surface area (Å²) in [5, 5.41) is 2.55. The third-order valence-electron chi connectivity index (χ3n) is 4.68. The summed E-state index contributed by atoms with van der Waals surface area (Å²) in [7, 11) is 2.85. The Labute approximate surface area is 168 Å². The summed E-state index contributed by atoms with van der Waals surface area (Å²) in [6.45, 7) is 0.769. The lowest BCUT2D eigenvalue weighted by Crippen LogP contribution is -2.30. The summed E-state index contributed by atoms with van der Waals surface area (Å²) < 4.78 is 23.0. The Balaban J connectivity index is 1.65. The summed E-state index contributed by atoms with van der Waals surface area (Å²) in [5.74, 6) is -0.0482. The molecule has 0 fully saturated rings. The predicted molar refractivity (Wildman–Crippen MR) is 104 cm³/mol. The second-order valence-electron chi connectivity index (χ2n) is 6.74. The summed E-state index contributed by atoms with van der Waals surface area (Å²) in [5.41, 5.74) is 3.10. The van der Waals surface area contributed by atoms with Gasteiger partial charge in [0.15, 0.2) is 0 Å². The zero-order chi connectivity index (χ0) is 20.8. The quantitative estimate of drug-likeness (QED) is 0.773. The summed E-state index contributed by atoms with van der Waals surface area (Å²) in [4.78, 5) is 32.6. The molecule has 3 rings (SSSR count). The lowest BCUT2D eigenvalue weighted by Gasteiger charge is -2.16. The van der Waals surface area contributed by atoms with Crippen LogP contribution in [0.5, 0.6) is 0 Å². The first-order valence-corrected chi connectivity index (χ1v) is 9.13. The third kappa shape index (κ3) is 5.23. The molecule has 1 N–H and O–H groups in total. The van der Waals surface area contributed by atoms with Crippen molar-refractivity contribution in [3.05, 3.63) is 64.7 Å². The van der Waals surface area contributed by atoms with Crippen molar-refractivity contribution in [1.29, 1.82) is 0 Å². The number of methoxy groups -OCH3 is 2. The molecule has 2 aromatic rings. The van der Waals surface area contributed by atoms with Crippen molar-refractivity contribution in [2.24, 2.45) is 4.99 Å². The number of carbonyl (C=O) groups excluding carboxylic acids is 2. The van der Waals surface area contributed by atoms with Gasteiger partial charge in [-0.2, -0.15) is 0 Å². The number of amides is 1. The molecular formula is C21H22FN3O4. The highest BCUT2D eigenvalue weighted by Gasteiger charge is 2.21. The maximum Gasteiger partial charge on any atom is 0.412 e. The lowest BCUT2D eigenvalue weighted by atomic mass is 9.93. The maximum absolute atomic E-state index is 13.2. The summed E-state index contributed by atoms with van der Waals surface area (Å²) in [6.07, 6.45) is 1.45. The monoisotopic (exact) mass is 399 g/mol. The minimum Gasteiger partial charge on any atom is -0.453 e. The van der Waals surface area contributed by atoms with E-state index in [9.17, 15) is 14.0 Å². The number of nitrogens with one attached hydrogen (secondary N) is 1. The highest BCUT2D eigenvalue weighted by atomic mass is 19.1. The molecule has 1 atom stereocenters. The fourth-order valence-corrected chi connectivity index (χ4v) is 3.25. The molecule has 2 heterocycles. The van der Waals surface area contributed by atoms with Crippen molar-refractivity contribution >= 4 is 17.7 Å². The zero-order valence-corrected chi connectivity index (χ0v) is 16.3. The van der Waals surface area contributed by atoms with Crippen molar-refractivity contribution in [2.45, 2.75) is 25.3 Å². The molecule has 1 aliphatic heterocycles. The number of carbonyl (C=O) groups is 2. The first-order valence-electron chi connectivity index (χ1n) is 9.13. The largest absolute Gasteiger partial charge is 0.453 e. The third-order valence-corrected chi connectivity index (χ3v) is 4.68. The number of amidine groups is 1. The van der Waals surface area contributed by atoms with E-state index >= 15 is 0 Å². The Bertz CT molecular complexity index is 928. The minimum absolute atomic E-state index is 0.00986. The number of aromatic nitrogens is 1. The second-order valence-corrected chi connectivity index (χ2v) is 6.74. The number of benzene rings is 1. The van der Waals surface area contributed by atoms with Crippen molar-refractivity contribution in [2.75, 3.05) is 20.8 Å². The number of nitrogens with zero attached hydrogens (tertiary/aromatic N) is 2. The van der Waals surface area contributed by atoms with Gasteiger partial charge in [-0.1, -0.05) is 12.1 Å². The van der Waals surface area contributed by atoms with Crippen molar-refractivity contribution < 1.29 is 23.5 Å². The van der Waals surface area contributed by atoms with Crippen LogP contribution in [0, 0.1) is 5.82 Å². The molecule has 1 aromatic carbocycles. The van der Waals surface area contributed by atoms with Crippen LogP contribution in [-0.4, -0.2) is 43.5 Å². The number of fused-ring (bicyclic) bond motifs is 1. The number of hydrogen-bond acceptors (Lipinski definition) is 6. The molecule has 1 amide bonds. The van der Waals surface area contributed by atoms with Gasteiger partial charge in [0.1, 0.15) is 17.4 Å². The highest BCUT2D eigenvalue weighted by Crippen LogP contribution is 2.23. The highest BCUT2D eigenvalue weighted by molar-refractivity contribution is 6.08. The van der Waals surface area contributed by atoms with Gasteiger partial charge in [-0.15, -0.1) is 0 Å². The topological polar surface area (TPSA) is 89.9 Å². The van der Waals surface area contributed by atoms with Crippen LogP contribution in [0.4, 0.5) is 9.18 Å². The second kappa shape index (κ2) is 9.38. The van der Waals surface area contributed by atoms with Gasteiger partial charge in [-0.3, -0.25) is 20.1 Å². The van der Waals surface area contributed by atoms with Gasteiger partial charge in [-0.25, -0.2) is 9.18 Å². The van der Waals surface area contributed by atoms with E-state index in [1.807, 2.05) is 6.07 Å². The summed E-state index contributed by atoms with van der Waals surface area (Å²) in [6, 6.07) is 7.93. The van der Waals surface area contributed by atoms with Crippen LogP contribution < -0.4 is 5.32 Å². The number of ether oxygens (including phenoxy) is 2. The van der Waals surface area contributed by atoms with E-state index in [1.54, 1.807) is 25.4 Å². The predicted octanol–water partition coefficient (Wildman–Crippen LogP) is 2.77. The van der Waals surface area contributed by atoms with E-state index in [0.717, 1.165) is 16.7 Å². The van der Waals surface area contributed by atoms with Gasteiger partial charge in [0.05, 0.1) is 20.3 Å². The number of halogens is 1. The maximum atomic E-state index is 13.2. The molecule has 7 nitrogen and oxygen atoms in total. The van der Waals surface area contributed by atoms with Gasteiger partial charge in [0.25, 0.3) is 0 Å². The molecule has 0 unspecified atom stereocenters. The molecular weight excluding hydrogens is 377 g/mol. The van der Waals surface area contributed by atoms with Gasteiger partial charge < -0.3 is 9.47 Å². The van der Waals surface area contributed by atoms with Crippen LogP contribution in [0.1, 0.15) is 34.7 Å². The molecule has 0 spiro atoms. The van der Waals surface area contributed by atoms with Gasteiger partial charge in [-0.05, 0) is 29.3 Å². The van der Waals surface area contributed by atoms with Crippen LogP contribution >= 0.6 is 0 Å². The van der Waals surface area contributed by atoms with Gasteiger partial charge >= 0.3 is 6.09 Å². The SMILES string of the molecule is COC[C@@H](CC(=O)Cc1cc2c(cn1)C(NC(=O)OC)=NC2)c1ccc(F)cc1. The van der Waals surface area contributed by atoms with Crippen LogP contribution in [0.15, 0.2) is 41.5 Å². The van der Waals surface area contributed by atoms with E-state index in [2.05, 4.69) is 20.0 Å². The van der Waals surface area contributed by atoms with Crippen LogP contribution in [-0.2, 0) is 27.2 Å². The molecule has 0 aliphatic carbocycles. The molecule has 8 heteroatoms. The Morgan fingerprint density at radius 1 is 1.24 bits per heavy atom. The average Bonchev–Trinajstić information content (AvgIpc) is 3.10. The van der Waals surface area contributed by atoms with E-state index in [4.69, 9.17) is 4.74 Å². The molecule has 0 saturated carbocycles. The first kappa shape index (κ1) is 20.6. The Hall–Kier alpha value is -3.13. The number of pyridine rings is 1. The number of aliphatic imine (C=N–C) groups is 1. The van der Waals surface area contributed by atoms with Gasteiger partial charge in [0, 0.05) is 43.3 Å². The Kier molecular flexibility index (Phi) is 6.66. The summed E-state index contributed by atoms with van der Waals surface area (Å²) >= 11 is 0. The van der Waals surface area contributed by atoms with E-state index in [0.29, 0.717) is 24.7 Å². The Morgan fingerprint density at radius 2 is 2.00 bits per heavy atom. The average molecular weight is 399 g/mol. The fourth-order valence-electron chi connectivity index (χ4n) is 3.25. The fraction of sp³-hybridized carbons (Fsp3) is 0.333. The van der Waals surface area contributed by atoms with E-state index in [1.165, 1.54) is 19.2 Å². The molecule has 1 aromatic heterocycles. The number of hydrogen-bond donors (Lipinski definition) is 1. The number of rotatable bonds is 7. The van der Waals surface area contributed by atoms with Crippen molar-refractivity contribution in [3.63, 3.8) is 0 Å². The molecule has 1 aliphatic rings. The van der Waals surface area contributed by atoms with Crippen LogP contribution in [0.3, 0.4) is 0 Å². The minimum atomic E-state index is -0.596. The van der Waals surface area contributed by atoms with Crippen molar-refractivity contribution in [1.82, 2.24) is 10.3 Å².